The molecule has 0 fully saturated rings. The minimum absolute atomic E-state index is 0.823. The van der Waals surface area contributed by atoms with Crippen molar-refractivity contribution >= 4 is 10.8 Å². The van der Waals surface area contributed by atoms with Crippen molar-refractivity contribution in [2.75, 3.05) is 21.3 Å². The van der Waals surface area contributed by atoms with Crippen molar-refractivity contribution in [3.05, 3.63) is 78.9 Å². The average molecular weight is 370 g/mol. The molecule has 0 heterocycles. The summed E-state index contributed by atoms with van der Waals surface area (Å²) in [6.07, 6.45) is 0. The van der Waals surface area contributed by atoms with E-state index in [2.05, 4.69) is 30.3 Å². The van der Waals surface area contributed by atoms with Gasteiger partial charge in [-0.2, -0.15) is 0 Å². The van der Waals surface area contributed by atoms with Crippen molar-refractivity contribution in [1.82, 2.24) is 0 Å². The fourth-order valence-electron chi connectivity index (χ4n) is 3.64. The summed E-state index contributed by atoms with van der Waals surface area (Å²) in [5.74, 6) is 2.49. The Balaban J connectivity index is 1.98. The number of benzene rings is 4. The molecule has 0 saturated carbocycles. The molecule has 0 aliphatic heterocycles. The second-order valence-corrected chi connectivity index (χ2v) is 6.49. The van der Waals surface area contributed by atoms with E-state index in [0.29, 0.717) is 0 Å². The van der Waals surface area contributed by atoms with E-state index in [4.69, 9.17) is 14.2 Å². The van der Waals surface area contributed by atoms with E-state index in [0.717, 1.165) is 50.3 Å². The third-order valence-corrected chi connectivity index (χ3v) is 4.98. The summed E-state index contributed by atoms with van der Waals surface area (Å²) in [4.78, 5) is 0. The normalized spacial score (nSPS) is 10.7. The lowest BCUT2D eigenvalue weighted by Gasteiger charge is -2.17. The van der Waals surface area contributed by atoms with Crippen LogP contribution in [0.3, 0.4) is 0 Å². The van der Waals surface area contributed by atoms with Gasteiger partial charge in [0.15, 0.2) is 0 Å². The molecule has 0 bridgehead atoms. The fourth-order valence-corrected chi connectivity index (χ4v) is 3.64. The maximum absolute atomic E-state index is 5.83. The molecule has 0 atom stereocenters. The summed E-state index contributed by atoms with van der Waals surface area (Å²) in [5.41, 5.74) is 4.17. The largest absolute Gasteiger partial charge is 0.496 e. The Hall–Kier alpha value is -3.46. The van der Waals surface area contributed by atoms with Crippen LogP contribution in [0, 0.1) is 0 Å². The molecule has 4 rings (SSSR count). The van der Waals surface area contributed by atoms with Crippen LogP contribution in [0.1, 0.15) is 0 Å². The van der Waals surface area contributed by atoms with Crippen molar-refractivity contribution in [2.45, 2.75) is 0 Å². The Labute approximate surface area is 165 Å². The third-order valence-electron chi connectivity index (χ3n) is 4.98. The first-order chi connectivity index (χ1) is 13.8. The van der Waals surface area contributed by atoms with Crippen molar-refractivity contribution in [3.63, 3.8) is 0 Å². The lowest BCUT2D eigenvalue weighted by atomic mass is 9.95. The van der Waals surface area contributed by atoms with Crippen LogP contribution >= 0.6 is 0 Å². The lowest BCUT2D eigenvalue weighted by molar-refractivity contribution is 0.411. The molecule has 0 spiro atoms. The minimum Gasteiger partial charge on any atom is -0.496 e. The van der Waals surface area contributed by atoms with Crippen molar-refractivity contribution in [2.24, 2.45) is 0 Å². The van der Waals surface area contributed by atoms with Crippen LogP contribution in [0.15, 0.2) is 78.9 Å². The SMILES string of the molecule is COc1ccc(-c2cc(OC)c3ccccc3c2OC)cc1-c1ccccc1. The highest BCUT2D eigenvalue weighted by Gasteiger charge is 2.16. The zero-order valence-corrected chi connectivity index (χ0v) is 16.2. The quantitative estimate of drug-likeness (QED) is 0.419. The second-order valence-electron chi connectivity index (χ2n) is 6.49. The van der Waals surface area contributed by atoms with Gasteiger partial charge in [0.1, 0.15) is 17.2 Å². The standard InChI is InChI=1S/C25H22O3/c1-26-23-14-13-18(15-21(23)17-9-5-4-6-10-17)22-16-24(27-2)19-11-7-8-12-20(19)25(22)28-3/h4-16H,1-3H3. The monoisotopic (exact) mass is 370 g/mol. The van der Waals surface area contributed by atoms with Crippen LogP contribution in [0.2, 0.25) is 0 Å². The second kappa shape index (κ2) is 7.65. The Morgan fingerprint density at radius 2 is 1.18 bits per heavy atom. The van der Waals surface area contributed by atoms with E-state index >= 15 is 0 Å². The van der Waals surface area contributed by atoms with Crippen LogP contribution in [-0.2, 0) is 0 Å². The van der Waals surface area contributed by atoms with Crippen LogP contribution in [0.5, 0.6) is 17.2 Å². The molecule has 3 heteroatoms. The van der Waals surface area contributed by atoms with E-state index in [1.54, 1.807) is 21.3 Å². The van der Waals surface area contributed by atoms with Gasteiger partial charge in [-0.3, -0.25) is 0 Å². The molecule has 0 N–H and O–H groups in total. The average Bonchev–Trinajstić information content (AvgIpc) is 2.78. The first-order valence-corrected chi connectivity index (χ1v) is 9.14. The van der Waals surface area contributed by atoms with Gasteiger partial charge in [0.25, 0.3) is 0 Å². The predicted molar refractivity (Wildman–Crippen MR) is 114 cm³/mol. The molecular weight excluding hydrogens is 348 g/mol. The van der Waals surface area contributed by atoms with Crippen LogP contribution in [0.25, 0.3) is 33.0 Å². The number of hydrogen-bond acceptors (Lipinski definition) is 3. The zero-order chi connectivity index (χ0) is 19.5. The smallest absolute Gasteiger partial charge is 0.134 e. The molecule has 0 unspecified atom stereocenters. The van der Waals surface area contributed by atoms with Gasteiger partial charge in [0, 0.05) is 21.9 Å². The van der Waals surface area contributed by atoms with Gasteiger partial charge in [0.05, 0.1) is 21.3 Å². The van der Waals surface area contributed by atoms with Crippen LogP contribution < -0.4 is 14.2 Å². The molecule has 0 aliphatic rings. The first kappa shape index (κ1) is 17.9. The van der Waals surface area contributed by atoms with Crippen molar-refractivity contribution in [3.8, 4) is 39.5 Å². The number of methoxy groups -OCH3 is 3. The van der Waals surface area contributed by atoms with Gasteiger partial charge in [-0.15, -0.1) is 0 Å². The van der Waals surface area contributed by atoms with Gasteiger partial charge in [-0.1, -0.05) is 60.7 Å². The first-order valence-electron chi connectivity index (χ1n) is 9.14. The molecule has 0 aromatic heterocycles. The van der Waals surface area contributed by atoms with Gasteiger partial charge in [0.2, 0.25) is 0 Å². The number of ether oxygens (including phenoxy) is 3. The van der Waals surface area contributed by atoms with Crippen molar-refractivity contribution < 1.29 is 14.2 Å². The summed E-state index contributed by atoms with van der Waals surface area (Å²) in [6.45, 7) is 0. The number of hydrogen-bond donors (Lipinski definition) is 0. The predicted octanol–water partition coefficient (Wildman–Crippen LogP) is 6.20. The van der Waals surface area contributed by atoms with Gasteiger partial charge >= 0.3 is 0 Å². The highest BCUT2D eigenvalue weighted by Crippen LogP contribution is 2.43. The van der Waals surface area contributed by atoms with Gasteiger partial charge in [-0.05, 0) is 29.3 Å². The van der Waals surface area contributed by atoms with E-state index in [1.807, 2.05) is 48.5 Å². The zero-order valence-electron chi connectivity index (χ0n) is 16.2. The Bertz CT molecular complexity index is 1120. The fraction of sp³-hybridized carbons (Fsp3) is 0.120. The summed E-state index contributed by atoms with van der Waals surface area (Å²) in [7, 11) is 5.10. The van der Waals surface area contributed by atoms with E-state index in [1.165, 1.54) is 0 Å². The molecule has 0 saturated heterocycles. The number of fused-ring (bicyclic) bond motifs is 1. The minimum atomic E-state index is 0.823. The Kier molecular flexibility index (Phi) is 4.90. The maximum Gasteiger partial charge on any atom is 0.134 e. The van der Waals surface area contributed by atoms with E-state index in [9.17, 15) is 0 Å². The summed E-state index contributed by atoms with van der Waals surface area (Å²) in [6, 6.07) is 26.6. The molecule has 3 nitrogen and oxygen atoms in total. The maximum atomic E-state index is 5.83. The lowest BCUT2D eigenvalue weighted by Crippen LogP contribution is -1.95. The highest BCUT2D eigenvalue weighted by molar-refractivity contribution is 5.99. The molecule has 140 valence electrons. The molecule has 0 radical (unpaired) electrons. The van der Waals surface area contributed by atoms with Crippen molar-refractivity contribution in [1.29, 1.82) is 0 Å². The molecular formula is C25H22O3. The Morgan fingerprint density at radius 1 is 0.500 bits per heavy atom. The molecule has 4 aromatic carbocycles. The third kappa shape index (κ3) is 3.05. The summed E-state index contributed by atoms with van der Waals surface area (Å²) >= 11 is 0. The molecule has 0 amide bonds. The topological polar surface area (TPSA) is 27.7 Å². The summed E-state index contributed by atoms with van der Waals surface area (Å²) in [5, 5.41) is 2.05. The molecule has 4 aromatic rings. The van der Waals surface area contributed by atoms with Gasteiger partial charge < -0.3 is 14.2 Å². The van der Waals surface area contributed by atoms with E-state index in [-0.39, 0.29) is 0 Å². The van der Waals surface area contributed by atoms with Gasteiger partial charge in [-0.25, -0.2) is 0 Å². The highest BCUT2D eigenvalue weighted by atomic mass is 16.5. The number of rotatable bonds is 5. The Morgan fingerprint density at radius 3 is 1.86 bits per heavy atom. The van der Waals surface area contributed by atoms with Crippen LogP contribution in [-0.4, -0.2) is 21.3 Å². The van der Waals surface area contributed by atoms with Crippen LogP contribution in [0.4, 0.5) is 0 Å². The van der Waals surface area contributed by atoms with E-state index < -0.39 is 0 Å². The molecule has 28 heavy (non-hydrogen) atoms. The summed E-state index contributed by atoms with van der Waals surface area (Å²) < 4.78 is 17.1. The molecule has 0 aliphatic carbocycles.